The van der Waals surface area contributed by atoms with Crippen LogP contribution in [0.25, 0.3) is 0 Å². The van der Waals surface area contributed by atoms with Crippen molar-refractivity contribution >= 4 is 0 Å². The second-order valence-corrected chi connectivity index (χ2v) is 3.79. The van der Waals surface area contributed by atoms with Gasteiger partial charge in [0.25, 0.3) is 0 Å². The number of hydrogen-bond acceptors (Lipinski definition) is 2. The van der Waals surface area contributed by atoms with Crippen LogP contribution >= 0.6 is 0 Å². The molecule has 0 saturated heterocycles. The number of nitrogens with one attached hydrogen (secondary N) is 1. The number of phenolic OH excluding ortho intramolecular Hbond substituents is 1. The van der Waals surface area contributed by atoms with Gasteiger partial charge in [-0.3, -0.25) is 0 Å². The van der Waals surface area contributed by atoms with Gasteiger partial charge in [-0.1, -0.05) is 12.1 Å². The molecule has 0 amide bonds. The highest BCUT2D eigenvalue weighted by Gasteiger charge is 2.31. The minimum atomic E-state index is -0.0827. The molecular formula is C10H13NO. The van der Waals surface area contributed by atoms with E-state index in [-0.39, 0.29) is 5.54 Å². The van der Waals surface area contributed by atoms with Crippen LogP contribution in [0.2, 0.25) is 0 Å². The Hall–Kier alpha value is -1.02. The predicted molar refractivity (Wildman–Crippen MR) is 48.0 cm³/mol. The van der Waals surface area contributed by atoms with Crippen molar-refractivity contribution in [1.82, 2.24) is 5.32 Å². The number of rotatable bonds is 0. The van der Waals surface area contributed by atoms with E-state index in [2.05, 4.69) is 25.2 Å². The van der Waals surface area contributed by atoms with Gasteiger partial charge in [0.1, 0.15) is 5.75 Å². The Morgan fingerprint density at radius 3 is 2.83 bits per heavy atom. The summed E-state index contributed by atoms with van der Waals surface area (Å²) in [6.07, 6.45) is 0. The third-order valence-electron chi connectivity index (χ3n) is 2.47. The number of aromatic hydroxyl groups is 1. The predicted octanol–water partition coefficient (Wildman–Crippen LogP) is 1.73. The fraction of sp³-hybridized carbons (Fsp3) is 0.400. The van der Waals surface area contributed by atoms with E-state index < -0.39 is 0 Å². The molecule has 12 heavy (non-hydrogen) atoms. The smallest absolute Gasteiger partial charge is 0.120 e. The van der Waals surface area contributed by atoms with Crippen LogP contribution in [0.15, 0.2) is 18.2 Å². The standard InChI is InChI=1S/C10H13NO/c1-10(2)9-7(6-11-10)4-3-5-8(9)12/h3-5,11-12H,6H2,1-2H3. The average Bonchev–Trinajstić information content (AvgIpc) is 2.29. The first kappa shape index (κ1) is 7.62. The van der Waals surface area contributed by atoms with Gasteiger partial charge in [-0.15, -0.1) is 0 Å². The molecule has 2 nitrogen and oxygen atoms in total. The molecule has 0 fully saturated rings. The normalized spacial score (nSPS) is 19.2. The fourth-order valence-electron chi connectivity index (χ4n) is 1.86. The highest BCUT2D eigenvalue weighted by Crippen LogP contribution is 2.36. The third kappa shape index (κ3) is 0.916. The van der Waals surface area contributed by atoms with Gasteiger partial charge in [0.15, 0.2) is 0 Å². The maximum Gasteiger partial charge on any atom is 0.120 e. The Balaban J connectivity index is 2.64. The summed E-state index contributed by atoms with van der Waals surface area (Å²) in [6.45, 7) is 5.02. The Morgan fingerprint density at radius 1 is 1.42 bits per heavy atom. The SMILES string of the molecule is CC1(C)NCc2cccc(O)c21. The summed E-state index contributed by atoms with van der Waals surface area (Å²) < 4.78 is 0. The monoisotopic (exact) mass is 163 g/mol. The van der Waals surface area contributed by atoms with Gasteiger partial charge >= 0.3 is 0 Å². The van der Waals surface area contributed by atoms with Crippen LogP contribution in [0.3, 0.4) is 0 Å². The van der Waals surface area contributed by atoms with E-state index in [4.69, 9.17) is 0 Å². The van der Waals surface area contributed by atoms with Crippen molar-refractivity contribution < 1.29 is 5.11 Å². The molecule has 0 spiro atoms. The molecule has 1 aromatic carbocycles. The fourth-order valence-corrected chi connectivity index (χ4v) is 1.86. The molecule has 1 aliphatic rings. The lowest BCUT2D eigenvalue weighted by molar-refractivity contribution is 0.407. The maximum atomic E-state index is 9.63. The Bertz CT molecular complexity index is 318. The van der Waals surface area contributed by atoms with Crippen LogP contribution in [0, 0.1) is 0 Å². The van der Waals surface area contributed by atoms with Crippen LogP contribution in [0.4, 0.5) is 0 Å². The minimum Gasteiger partial charge on any atom is -0.508 e. The summed E-state index contributed by atoms with van der Waals surface area (Å²) in [5.74, 6) is 0.405. The zero-order valence-electron chi connectivity index (χ0n) is 7.39. The van der Waals surface area contributed by atoms with Crippen LogP contribution in [-0.4, -0.2) is 5.11 Å². The molecule has 0 saturated carbocycles. The van der Waals surface area contributed by atoms with E-state index in [1.54, 1.807) is 6.07 Å². The molecule has 0 bridgehead atoms. The van der Waals surface area contributed by atoms with Crippen molar-refractivity contribution in [3.63, 3.8) is 0 Å². The molecule has 2 N–H and O–H groups in total. The van der Waals surface area contributed by atoms with Crippen molar-refractivity contribution in [2.45, 2.75) is 25.9 Å². The van der Waals surface area contributed by atoms with Crippen LogP contribution < -0.4 is 5.32 Å². The van der Waals surface area contributed by atoms with Crippen LogP contribution in [0.1, 0.15) is 25.0 Å². The third-order valence-corrected chi connectivity index (χ3v) is 2.47. The first-order chi connectivity index (χ1) is 5.61. The van der Waals surface area contributed by atoms with Gasteiger partial charge in [0.05, 0.1) is 0 Å². The Morgan fingerprint density at radius 2 is 2.17 bits per heavy atom. The van der Waals surface area contributed by atoms with Gasteiger partial charge in [-0.2, -0.15) is 0 Å². The minimum absolute atomic E-state index is 0.0827. The summed E-state index contributed by atoms with van der Waals surface area (Å²) in [4.78, 5) is 0. The molecule has 64 valence electrons. The summed E-state index contributed by atoms with van der Waals surface area (Å²) in [7, 11) is 0. The zero-order chi connectivity index (χ0) is 8.77. The summed E-state index contributed by atoms with van der Waals surface area (Å²) in [5.41, 5.74) is 2.17. The van der Waals surface area contributed by atoms with Gasteiger partial charge in [0, 0.05) is 17.6 Å². The lowest BCUT2D eigenvalue weighted by Crippen LogP contribution is -2.28. The van der Waals surface area contributed by atoms with Gasteiger partial charge in [0.2, 0.25) is 0 Å². The average molecular weight is 163 g/mol. The highest BCUT2D eigenvalue weighted by atomic mass is 16.3. The molecule has 0 atom stereocenters. The first-order valence-corrected chi connectivity index (χ1v) is 4.17. The second-order valence-electron chi connectivity index (χ2n) is 3.79. The van der Waals surface area contributed by atoms with Crippen molar-refractivity contribution in [2.24, 2.45) is 0 Å². The van der Waals surface area contributed by atoms with Gasteiger partial charge in [-0.25, -0.2) is 0 Å². The van der Waals surface area contributed by atoms with Crippen molar-refractivity contribution in [2.75, 3.05) is 0 Å². The van der Waals surface area contributed by atoms with Gasteiger partial charge in [-0.05, 0) is 25.5 Å². The summed E-state index contributed by atoms with van der Waals surface area (Å²) in [5, 5.41) is 13.0. The molecule has 1 heterocycles. The first-order valence-electron chi connectivity index (χ1n) is 4.17. The quantitative estimate of drug-likeness (QED) is 0.610. The number of hydrogen-bond donors (Lipinski definition) is 2. The van der Waals surface area contributed by atoms with Gasteiger partial charge < -0.3 is 10.4 Å². The van der Waals surface area contributed by atoms with Crippen LogP contribution in [0.5, 0.6) is 5.75 Å². The summed E-state index contributed by atoms with van der Waals surface area (Å²) >= 11 is 0. The lowest BCUT2D eigenvalue weighted by Gasteiger charge is -2.20. The molecule has 2 rings (SSSR count). The largest absolute Gasteiger partial charge is 0.508 e. The number of fused-ring (bicyclic) bond motifs is 1. The molecule has 1 aromatic rings. The van der Waals surface area contributed by atoms with E-state index in [0.29, 0.717) is 5.75 Å². The van der Waals surface area contributed by atoms with Crippen LogP contribution in [-0.2, 0) is 12.1 Å². The van der Waals surface area contributed by atoms with E-state index in [1.165, 1.54) is 5.56 Å². The molecule has 1 aliphatic heterocycles. The summed E-state index contributed by atoms with van der Waals surface area (Å²) in [6, 6.07) is 5.68. The second kappa shape index (κ2) is 2.23. The molecule has 2 heteroatoms. The van der Waals surface area contributed by atoms with Crippen molar-refractivity contribution in [3.05, 3.63) is 29.3 Å². The highest BCUT2D eigenvalue weighted by molar-refractivity contribution is 5.46. The number of phenols is 1. The molecule has 0 aliphatic carbocycles. The van der Waals surface area contributed by atoms with E-state index in [9.17, 15) is 5.11 Å². The maximum absolute atomic E-state index is 9.63. The molecule has 0 unspecified atom stereocenters. The molecule has 0 radical (unpaired) electrons. The van der Waals surface area contributed by atoms with E-state index in [0.717, 1.165) is 12.1 Å². The Kier molecular flexibility index (Phi) is 1.42. The Labute approximate surface area is 72.2 Å². The van der Waals surface area contributed by atoms with Crippen molar-refractivity contribution in [3.8, 4) is 5.75 Å². The molecule has 0 aromatic heterocycles. The van der Waals surface area contributed by atoms with Crippen molar-refractivity contribution in [1.29, 1.82) is 0 Å². The molecular weight excluding hydrogens is 150 g/mol. The number of benzene rings is 1. The zero-order valence-corrected chi connectivity index (χ0v) is 7.39. The lowest BCUT2D eigenvalue weighted by atomic mass is 9.94. The van der Waals surface area contributed by atoms with E-state index >= 15 is 0 Å². The topological polar surface area (TPSA) is 32.3 Å². The van der Waals surface area contributed by atoms with E-state index in [1.807, 2.05) is 6.07 Å².